The zero-order chi connectivity index (χ0) is 23.1. The first-order valence-corrected chi connectivity index (χ1v) is 11.7. The summed E-state index contributed by atoms with van der Waals surface area (Å²) >= 11 is 1.83. The van der Waals surface area contributed by atoms with Gasteiger partial charge in [-0.15, -0.1) is 16.8 Å². The Kier molecular flexibility index (Phi) is 8.20. The lowest BCUT2D eigenvalue weighted by atomic mass is 10.1. The number of hydrogen-bond acceptors (Lipinski definition) is 9. The van der Waals surface area contributed by atoms with Gasteiger partial charge in [-0.1, -0.05) is 13.8 Å². The van der Waals surface area contributed by atoms with Gasteiger partial charge in [-0.3, -0.25) is 0 Å². The van der Waals surface area contributed by atoms with E-state index in [2.05, 4.69) is 41.3 Å². The highest BCUT2D eigenvalue weighted by Crippen LogP contribution is 2.26. The van der Waals surface area contributed by atoms with Crippen molar-refractivity contribution in [2.45, 2.75) is 69.3 Å². The maximum Gasteiger partial charge on any atom is 0.528 e. The molecule has 0 saturated carbocycles. The molecular formula is C23H32N4O4S. The molecule has 0 radical (unpaired) electrons. The SMILES string of the molecule is CC(C)Sc1ccc(Nc2cc(OC3CCN(OC(=O)OC(C)(C)C)CC3)ncn2)cc1. The molecule has 0 spiro atoms. The fourth-order valence-electron chi connectivity index (χ4n) is 3.10. The van der Waals surface area contributed by atoms with Crippen LogP contribution >= 0.6 is 11.8 Å². The first-order chi connectivity index (χ1) is 15.2. The van der Waals surface area contributed by atoms with Gasteiger partial charge in [-0.25, -0.2) is 14.8 Å². The van der Waals surface area contributed by atoms with Gasteiger partial charge in [0.2, 0.25) is 5.88 Å². The minimum absolute atomic E-state index is 0.0106. The van der Waals surface area contributed by atoms with Crippen LogP contribution < -0.4 is 10.1 Å². The molecule has 1 saturated heterocycles. The van der Waals surface area contributed by atoms with Crippen LogP contribution in [0.5, 0.6) is 5.88 Å². The second-order valence-corrected chi connectivity index (χ2v) is 10.5. The lowest BCUT2D eigenvalue weighted by Gasteiger charge is -2.30. The molecule has 32 heavy (non-hydrogen) atoms. The number of carbonyl (C=O) groups is 1. The highest BCUT2D eigenvalue weighted by molar-refractivity contribution is 7.99. The zero-order valence-corrected chi connectivity index (χ0v) is 20.1. The number of carbonyl (C=O) groups excluding carboxylic acids is 1. The fourth-order valence-corrected chi connectivity index (χ4v) is 3.93. The molecule has 1 aromatic heterocycles. The Morgan fingerprint density at radius 2 is 1.84 bits per heavy atom. The third-order valence-corrected chi connectivity index (χ3v) is 5.44. The molecule has 1 aromatic carbocycles. The van der Waals surface area contributed by atoms with Crippen molar-refractivity contribution in [3.05, 3.63) is 36.7 Å². The molecule has 0 aliphatic carbocycles. The number of anilines is 2. The molecule has 1 aliphatic rings. The van der Waals surface area contributed by atoms with Crippen molar-refractivity contribution in [2.24, 2.45) is 0 Å². The number of nitrogens with zero attached hydrogens (tertiary/aromatic N) is 3. The summed E-state index contributed by atoms with van der Waals surface area (Å²) in [6.45, 7) is 10.9. The van der Waals surface area contributed by atoms with Crippen LogP contribution in [0.25, 0.3) is 0 Å². The lowest BCUT2D eigenvalue weighted by Crippen LogP contribution is -2.40. The zero-order valence-electron chi connectivity index (χ0n) is 19.3. The number of hydrogen-bond donors (Lipinski definition) is 1. The van der Waals surface area contributed by atoms with Crippen molar-refractivity contribution >= 4 is 29.4 Å². The molecule has 0 amide bonds. The average molecular weight is 461 g/mol. The van der Waals surface area contributed by atoms with Crippen LogP contribution in [-0.2, 0) is 9.57 Å². The smallest absolute Gasteiger partial charge is 0.474 e. The van der Waals surface area contributed by atoms with Crippen molar-refractivity contribution in [3.8, 4) is 5.88 Å². The topological polar surface area (TPSA) is 85.8 Å². The van der Waals surface area contributed by atoms with Crippen molar-refractivity contribution < 1.29 is 19.1 Å². The average Bonchev–Trinajstić information content (AvgIpc) is 2.69. The molecule has 1 N–H and O–H groups in total. The monoisotopic (exact) mass is 460 g/mol. The third kappa shape index (κ3) is 8.20. The quantitative estimate of drug-likeness (QED) is 0.429. The van der Waals surface area contributed by atoms with Crippen LogP contribution in [0.2, 0.25) is 0 Å². The molecule has 0 atom stereocenters. The van der Waals surface area contributed by atoms with Crippen LogP contribution in [0.15, 0.2) is 41.6 Å². The minimum Gasteiger partial charge on any atom is -0.474 e. The van der Waals surface area contributed by atoms with Gasteiger partial charge in [-0.05, 0) is 45.0 Å². The largest absolute Gasteiger partial charge is 0.528 e. The molecule has 0 bridgehead atoms. The van der Waals surface area contributed by atoms with E-state index in [1.54, 1.807) is 31.9 Å². The van der Waals surface area contributed by atoms with Crippen LogP contribution in [0.1, 0.15) is 47.5 Å². The van der Waals surface area contributed by atoms with Crippen LogP contribution in [0.3, 0.4) is 0 Å². The molecule has 2 heterocycles. The standard InChI is InChI=1S/C23H32N4O4S/c1-16(2)32-19-8-6-17(7-9-19)26-20-14-21(25-15-24-20)29-18-10-12-27(13-11-18)31-22(28)30-23(3,4)5/h6-9,14-16,18H,10-13H2,1-5H3,(H,24,25,26). The molecular weight excluding hydrogens is 428 g/mol. The van der Waals surface area contributed by atoms with Gasteiger partial charge in [0.25, 0.3) is 0 Å². The van der Waals surface area contributed by atoms with Gasteiger partial charge < -0.3 is 19.6 Å². The van der Waals surface area contributed by atoms with E-state index in [9.17, 15) is 4.79 Å². The molecule has 1 fully saturated rings. The number of piperidine rings is 1. The second kappa shape index (κ2) is 10.9. The van der Waals surface area contributed by atoms with Crippen molar-refractivity contribution in [1.82, 2.24) is 15.0 Å². The van der Waals surface area contributed by atoms with E-state index in [4.69, 9.17) is 14.3 Å². The van der Waals surface area contributed by atoms with E-state index < -0.39 is 11.8 Å². The number of benzene rings is 1. The molecule has 3 rings (SSSR count). The number of ether oxygens (including phenoxy) is 2. The Bertz CT molecular complexity index is 878. The summed E-state index contributed by atoms with van der Waals surface area (Å²) in [5.41, 5.74) is 0.377. The third-order valence-electron chi connectivity index (χ3n) is 4.42. The number of rotatable bonds is 7. The summed E-state index contributed by atoms with van der Waals surface area (Å²) in [6.07, 6.45) is 2.22. The van der Waals surface area contributed by atoms with Gasteiger partial charge in [0.1, 0.15) is 23.9 Å². The molecule has 174 valence electrons. The Morgan fingerprint density at radius 3 is 2.47 bits per heavy atom. The number of thioether (sulfide) groups is 1. The lowest BCUT2D eigenvalue weighted by molar-refractivity contribution is -0.159. The highest BCUT2D eigenvalue weighted by atomic mass is 32.2. The number of nitrogens with one attached hydrogen (secondary N) is 1. The highest BCUT2D eigenvalue weighted by Gasteiger charge is 2.26. The Morgan fingerprint density at radius 1 is 1.16 bits per heavy atom. The first kappa shape index (κ1) is 24.1. The Balaban J connectivity index is 1.47. The van der Waals surface area contributed by atoms with E-state index in [1.807, 2.05) is 23.9 Å². The van der Waals surface area contributed by atoms with Crippen LogP contribution in [0.4, 0.5) is 16.3 Å². The summed E-state index contributed by atoms with van der Waals surface area (Å²) in [7, 11) is 0. The molecule has 9 heteroatoms. The van der Waals surface area contributed by atoms with E-state index in [1.165, 1.54) is 11.2 Å². The molecule has 1 aliphatic heterocycles. The van der Waals surface area contributed by atoms with Gasteiger partial charge in [-0.2, -0.15) is 0 Å². The first-order valence-electron chi connectivity index (χ1n) is 10.8. The van der Waals surface area contributed by atoms with Crippen molar-refractivity contribution in [3.63, 3.8) is 0 Å². The van der Waals surface area contributed by atoms with E-state index in [-0.39, 0.29) is 6.10 Å². The normalized spacial score (nSPS) is 15.4. The van der Waals surface area contributed by atoms with Crippen LogP contribution in [-0.4, -0.2) is 51.2 Å². The Labute approximate surface area is 194 Å². The summed E-state index contributed by atoms with van der Waals surface area (Å²) in [5.74, 6) is 1.19. The minimum atomic E-state index is -0.681. The predicted octanol–water partition coefficient (Wildman–Crippen LogP) is 5.43. The number of hydroxylamine groups is 2. The van der Waals surface area contributed by atoms with Crippen molar-refractivity contribution in [1.29, 1.82) is 0 Å². The van der Waals surface area contributed by atoms with E-state index in [0.717, 1.165) is 5.69 Å². The van der Waals surface area contributed by atoms with Gasteiger partial charge in [0, 0.05) is 47.8 Å². The maximum absolute atomic E-state index is 11.8. The fraction of sp³-hybridized carbons (Fsp3) is 0.522. The predicted molar refractivity (Wildman–Crippen MR) is 125 cm³/mol. The molecule has 0 unspecified atom stereocenters. The van der Waals surface area contributed by atoms with Gasteiger partial charge >= 0.3 is 6.16 Å². The summed E-state index contributed by atoms with van der Waals surface area (Å²) in [4.78, 5) is 26.8. The summed E-state index contributed by atoms with van der Waals surface area (Å²) in [5, 5.41) is 5.45. The van der Waals surface area contributed by atoms with E-state index >= 15 is 0 Å². The van der Waals surface area contributed by atoms with E-state index in [0.29, 0.717) is 42.9 Å². The molecule has 8 nitrogen and oxygen atoms in total. The number of aromatic nitrogens is 2. The maximum atomic E-state index is 11.8. The van der Waals surface area contributed by atoms with Crippen molar-refractivity contribution in [2.75, 3.05) is 18.4 Å². The molecule has 2 aromatic rings. The van der Waals surface area contributed by atoms with Gasteiger partial charge in [0.05, 0.1) is 0 Å². The summed E-state index contributed by atoms with van der Waals surface area (Å²) in [6, 6.07) is 10.1. The summed E-state index contributed by atoms with van der Waals surface area (Å²) < 4.78 is 11.2. The van der Waals surface area contributed by atoms with Crippen LogP contribution in [0, 0.1) is 0 Å². The second-order valence-electron chi connectivity index (χ2n) is 8.86. The van der Waals surface area contributed by atoms with Gasteiger partial charge in [0.15, 0.2) is 0 Å². The Hall–Kier alpha value is -2.52.